The summed E-state index contributed by atoms with van der Waals surface area (Å²) in [5.41, 5.74) is -0.850. The van der Waals surface area contributed by atoms with Crippen molar-refractivity contribution in [1.82, 2.24) is 15.1 Å². The number of piperidine rings is 1. The first-order valence-electron chi connectivity index (χ1n) is 9.02. The van der Waals surface area contributed by atoms with Gasteiger partial charge in [0.05, 0.1) is 13.0 Å². The van der Waals surface area contributed by atoms with Crippen molar-refractivity contribution in [3.8, 4) is 0 Å². The lowest BCUT2D eigenvalue weighted by Crippen LogP contribution is -2.47. The van der Waals surface area contributed by atoms with Gasteiger partial charge in [-0.25, -0.2) is 4.79 Å². The predicted octanol–water partition coefficient (Wildman–Crippen LogP) is 1.52. The summed E-state index contributed by atoms with van der Waals surface area (Å²) >= 11 is 6.20. The Morgan fingerprint density at radius 1 is 1.25 bits per heavy atom. The van der Waals surface area contributed by atoms with Crippen molar-refractivity contribution in [1.29, 1.82) is 0 Å². The number of carbonyl (C=O) groups excluding carboxylic acids is 4. The number of esters is 1. The SMILES string of the molecule is COC(=O)C1CCN(C(=O)CN2C(=O)N[C@@](C)(c3ccccc3Cl)C2=O)CC1. The van der Waals surface area contributed by atoms with E-state index in [9.17, 15) is 19.2 Å². The van der Waals surface area contributed by atoms with Crippen LogP contribution in [0.15, 0.2) is 24.3 Å². The fourth-order valence-corrected chi connectivity index (χ4v) is 3.98. The zero-order valence-electron chi connectivity index (χ0n) is 15.7. The summed E-state index contributed by atoms with van der Waals surface area (Å²) in [5.74, 6) is -1.37. The molecule has 2 heterocycles. The number of hydrogen-bond donors (Lipinski definition) is 1. The standard InChI is InChI=1S/C19H22ClN3O5/c1-19(13-5-3-4-6-14(13)20)17(26)23(18(27)21-19)11-15(24)22-9-7-12(8-10-22)16(25)28-2/h3-6,12H,7-11H2,1-2H3,(H,21,27)/t19-/m0/s1. The van der Waals surface area contributed by atoms with E-state index in [2.05, 4.69) is 5.32 Å². The molecule has 3 rings (SSSR count). The first-order valence-corrected chi connectivity index (χ1v) is 9.40. The van der Waals surface area contributed by atoms with E-state index in [1.54, 1.807) is 36.1 Å². The highest BCUT2D eigenvalue weighted by Gasteiger charge is 2.50. The lowest BCUT2D eigenvalue weighted by molar-refractivity contribution is -0.149. The molecule has 1 atom stereocenters. The summed E-state index contributed by atoms with van der Waals surface area (Å²) in [4.78, 5) is 52.0. The number of urea groups is 1. The van der Waals surface area contributed by atoms with E-state index in [-0.39, 0.29) is 24.3 Å². The first-order chi connectivity index (χ1) is 13.3. The fourth-order valence-electron chi connectivity index (χ4n) is 3.66. The van der Waals surface area contributed by atoms with Crippen molar-refractivity contribution >= 4 is 35.4 Å². The van der Waals surface area contributed by atoms with Gasteiger partial charge < -0.3 is 15.0 Å². The van der Waals surface area contributed by atoms with Crippen LogP contribution in [0.25, 0.3) is 0 Å². The van der Waals surface area contributed by atoms with E-state index in [4.69, 9.17) is 16.3 Å². The molecule has 1 aromatic carbocycles. The third kappa shape index (κ3) is 3.56. The molecule has 2 saturated heterocycles. The zero-order chi connectivity index (χ0) is 20.5. The Bertz CT molecular complexity index is 822. The van der Waals surface area contributed by atoms with E-state index in [1.165, 1.54) is 7.11 Å². The van der Waals surface area contributed by atoms with E-state index in [1.807, 2.05) is 0 Å². The number of halogens is 1. The summed E-state index contributed by atoms with van der Waals surface area (Å²) in [7, 11) is 1.34. The molecule has 4 amide bonds. The molecule has 2 aliphatic rings. The minimum Gasteiger partial charge on any atom is -0.469 e. The average Bonchev–Trinajstić information content (AvgIpc) is 2.91. The molecule has 0 aromatic heterocycles. The van der Waals surface area contributed by atoms with Gasteiger partial charge in [0.1, 0.15) is 12.1 Å². The second-order valence-electron chi connectivity index (χ2n) is 7.10. The maximum Gasteiger partial charge on any atom is 0.325 e. The Morgan fingerprint density at radius 3 is 2.50 bits per heavy atom. The minimum absolute atomic E-state index is 0.228. The van der Waals surface area contributed by atoms with Crippen LogP contribution in [-0.2, 0) is 24.7 Å². The number of carbonyl (C=O) groups is 4. The molecule has 1 aromatic rings. The highest BCUT2D eigenvalue weighted by Crippen LogP contribution is 2.33. The molecular formula is C19H22ClN3O5. The summed E-state index contributed by atoms with van der Waals surface area (Å²) in [6, 6.07) is 6.13. The third-order valence-corrected chi connectivity index (χ3v) is 5.69. The molecule has 0 aliphatic carbocycles. The Morgan fingerprint density at radius 2 is 1.89 bits per heavy atom. The van der Waals surface area contributed by atoms with Gasteiger partial charge >= 0.3 is 12.0 Å². The zero-order valence-corrected chi connectivity index (χ0v) is 16.5. The molecule has 2 fully saturated rings. The number of amides is 4. The molecule has 9 heteroatoms. The molecule has 0 bridgehead atoms. The number of nitrogens with zero attached hydrogens (tertiary/aromatic N) is 2. The van der Waals surface area contributed by atoms with Crippen molar-refractivity contribution in [2.45, 2.75) is 25.3 Å². The van der Waals surface area contributed by atoms with Crippen LogP contribution >= 0.6 is 11.6 Å². The van der Waals surface area contributed by atoms with Gasteiger partial charge in [-0.05, 0) is 25.8 Å². The van der Waals surface area contributed by atoms with Gasteiger partial charge in [0.15, 0.2) is 0 Å². The van der Waals surface area contributed by atoms with Gasteiger partial charge in [-0.2, -0.15) is 0 Å². The predicted molar refractivity (Wildman–Crippen MR) is 100 cm³/mol. The van der Waals surface area contributed by atoms with E-state index in [0.717, 1.165) is 4.90 Å². The van der Waals surface area contributed by atoms with Gasteiger partial charge in [0, 0.05) is 23.7 Å². The van der Waals surface area contributed by atoms with Crippen LogP contribution < -0.4 is 5.32 Å². The van der Waals surface area contributed by atoms with Gasteiger partial charge in [-0.15, -0.1) is 0 Å². The lowest BCUT2D eigenvalue weighted by atomic mass is 9.92. The monoisotopic (exact) mass is 407 g/mol. The first kappa shape index (κ1) is 20.1. The Kier molecular flexibility index (Phi) is 5.60. The highest BCUT2D eigenvalue weighted by atomic mass is 35.5. The largest absolute Gasteiger partial charge is 0.469 e. The van der Waals surface area contributed by atoms with E-state index in [0.29, 0.717) is 36.5 Å². The highest BCUT2D eigenvalue weighted by molar-refractivity contribution is 6.32. The van der Waals surface area contributed by atoms with Crippen LogP contribution in [0.2, 0.25) is 5.02 Å². The second kappa shape index (κ2) is 7.79. The average molecular weight is 408 g/mol. The number of likely N-dealkylation sites (tertiary alicyclic amines) is 1. The van der Waals surface area contributed by atoms with Crippen LogP contribution in [0, 0.1) is 5.92 Å². The lowest BCUT2D eigenvalue weighted by Gasteiger charge is -2.31. The molecule has 2 aliphatic heterocycles. The molecular weight excluding hydrogens is 386 g/mol. The van der Waals surface area contributed by atoms with Crippen LogP contribution in [0.1, 0.15) is 25.3 Å². The smallest absolute Gasteiger partial charge is 0.325 e. The quantitative estimate of drug-likeness (QED) is 0.603. The van der Waals surface area contributed by atoms with Gasteiger partial charge in [-0.3, -0.25) is 19.3 Å². The van der Waals surface area contributed by atoms with E-state index >= 15 is 0 Å². The summed E-state index contributed by atoms with van der Waals surface area (Å²) in [6.07, 6.45) is 0.992. The number of methoxy groups -OCH3 is 1. The number of ether oxygens (including phenoxy) is 1. The van der Waals surface area contributed by atoms with Crippen LogP contribution in [0.3, 0.4) is 0 Å². The van der Waals surface area contributed by atoms with Gasteiger partial charge in [0.25, 0.3) is 5.91 Å². The number of benzene rings is 1. The van der Waals surface area contributed by atoms with Crippen molar-refractivity contribution in [2.24, 2.45) is 5.92 Å². The number of rotatable bonds is 4. The minimum atomic E-state index is -1.33. The summed E-state index contributed by atoms with van der Waals surface area (Å²) in [5, 5.41) is 3.00. The summed E-state index contributed by atoms with van der Waals surface area (Å²) in [6.45, 7) is 1.97. The molecule has 0 spiro atoms. The second-order valence-corrected chi connectivity index (χ2v) is 7.51. The molecule has 28 heavy (non-hydrogen) atoms. The fraction of sp³-hybridized carbons (Fsp3) is 0.474. The molecule has 150 valence electrons. The Labute approximate surface area is 167 Å². The molecule has 1 N–H and O–H groups in total. The number of hydrogen-bond acceptors (Lipinski definition) is 5. The van der Waals surface area contributed by atoms with Crippen LogP contribution in [0.5, 0.6) is 0 Å². The van der Waals surface area contributed by atoms with Crippen molar-refractivity contribution < 1.29 is 23.9 Å². The van der Waals surface area contributed by atoms with Gasteiger partial charge in [0.2, 0.25) is 5.91 Å². The summed E-state index contributed by atoms with van der Waals surface area (Å²) < 4.78 is 4.74. The Hall–Kier alpha value is -2.61. The van der Waals surface area contributed by atoms with Crippen LogP contribution in [-0.4, -0.2) is 60.4 Å². The van der Waals surface area contributed by atoms with Crippen LogP contribution in [0.4, 0.5) is 4.79 Å². The maximum atomic E-state index is 12.9. The number of nitrogens with one attached hydrogen (secondary N) is 1. The third-order valence-electron chi connectivity index (χ3n) is 5.36. The maximum absolute atomic E-state index is 12.9. The Balaban J connectivity index is 1.67. The molecule has 8 nitrogen and oxygen atoms in total. The van der Waals surface area contributed by atoms with Crippen molar-refractivity contribution in [2.75, 3.05) is 26.7 Å². The molecule has 0 unspecified atom stereocenters. The van der Waals surface area contributed by atoms with Gasteiger partial charge in [-0.1, -0.05) is 29.8 Å². The topological polar surface area (TPSA) is 96.0 Å². The normalized spacial score (nSPS) is 23.0. The van der Waals surface area contributed by atoms with E-state index < -0.39 is 17.5 Å². The van der Waals surface area contributed by atoms with Crippen molar-refractivity contribution in [3.63, 3.8) is 0 Å². The molecule has 0 saturated carbocycles. The van der Waals surface area contributed by atoms with Crippen molar-refractivity contribution in [3.05, 3.63) is 34.9 Å². The molecule has 0 radical (unpaired) electrons. The number of imide groups is 1.